The van der Waals surface area contributed by atoms with Crippen molar-refractivity contribution in [2.75, 3.05) is 31.1 Å². The maximum Gasteiger partial charge on any atom is 0.282 e. The third-order valence-corrected chi connectivity index (χ3v) is 4.57. The summed E-state index contributed by atoms with van der Waals surface area (Å²) in [5.74, 6) is 0.891. The Bertz CT molecular complexity index is 718. The SMILES string of the molecule is Cc1cc(CN2CCN(c3cnn(C)c(=O)c3Br)CC2)on1. The third kappa shape index (κ3) is 3.07. The van der Waals surface area contributed by atoms with Gasteiger partial charge in [-0.3, -0.25) is 9.69 Å². The molecule has 7 nitrogen and oxygen atoms in total. The third-order valence-electron chi connectivity index (χ3n) is 3.83. The zero-order valence-corrected chi connectivity index (χ0v) is 14.2. The molecule has 0 amide bonds. The van der Waals surface area contributed by atoms with Crippen LogP contribution in [-0.4, -0.2) is 46.0 Å². The molecule has 0 saturated carbocycles. The van der Waals surface area contributed by atoms with Gasteiger partial charge in [-0.05, 0) is 22.9 Å². The van der Waals surface area contributed by atoms with Crippen LogP contribution in [0.1, 0.15) is 11.5 Å². The number of hydrogen-bond donors (Lipinski definition) is 0. The van der Waals surface area contributed by atoms with Gasteiger partial charge in [0.1, 0.15) is 4.47 Å². The van der Waals surface area contributed by atoms with Crippen LogP contribution in [0.2, 0.25) is 0 Å². The van der Waals surface area contributed by atoms with Crippen molar-refractivity contribution in [3.63, 3.8) is 0 Å². The van der Waals surface area contributed by atoms with Gasteiger partial charge >= 0.3 is 0 Å². The summed E-state index contributed by atoms with van der Waals surface area (Å²) < 4.78 is 7.16. The van der Waals surface area contributed by atoms with Crippen molar-refractivity contribution in [1.29, 1.82) is 0 Å². The van der Waals surface area contributed by atoms with Gasteiger partial charge < -0.3 is 9.42 Å². The molecule has 3 rings (SSSR count). The minimum absolute atomic E-state index is 0.114. The normalized spacial score (nSPS) is 16.2. The first kappa shape index (κ1) is 15.2. The number of aromatic nitrogens is 3. The average Bonchev–Trinajstić information content (AvgIpc) is 2.91. The molecule has 1 aliphatic rings. The van der Waals surface area contributed by atoms with E-state index in [0.29, 0.717) is 4.47 Å². The molecule has 0 aliphatic carbocycles. The number of hydrogen-bond acceptors (Lipinski definition) is 6. The maximum absolute atomic E-state index is 11.9. The second-order valence-corrected chi connectivity index (χ2v) is 6.26. The van der Waals surface area contributed by atoms with Crippen molar-refractivity contribution >= 4 is 21.6 Å². The largest absolute Gasteiger partial charge is 0.367 e. The summed E-state index contributed by atoms with van der Waals surface area (Å²) in [7, 11) is 1.65. The van der Waals surface area contributed by atoms with E-state index >= 15 is 0 Å². The molecule has 0 spiro atoms. The van der Waals surface area contributed by atoms with Crippen molar-refractivity contribution in [3.05, 3.63) is 38.5 Å². The monoisotopic (exact) mass is 367 g/mol. The Morgan fingerprint density at radius 3 is 2.68 bits per heavy atom. The molecule has 1 fully saturated rings. The molecule has 0 bridgehead atoms. The molecule has 2 aromatic rings. The Morgan fingerprint density at radius 2 is 2.05 bits per heavy atom. The zero-order chi connectivity index (χ0) is 15.7. The minimum Gasteiger partial charge on any atom is -0.367 e. The first-order chi connectivity index (χ1) is 10.5. The van der Waals surface area contributed by atoms with E-state index < -0.39 is 0 Å². The summed E-state index contributed by atoms with van der Waals surface area (Å²) in [6.45, 7) is 6.19. The van der Waals surface area contributed by atoms with Crippen LogP contribution in [0, 0.1) is 6.92 Å². The van der Waals surface area contributed by atoms with E-state index in [0.717, 1.165) is 49.9 Å². The molecular formula is C14H18BrN5O2. The van der Waals surface area contributed by atoms with Crippen molar-refractivity contribution in [2.24, 2.45) is 7.05 Å². The highest BCUT2D eigenvalue weighted by atomic mass is 79.9. The van der Waals surface area contributed by atoms with E-state index in [1.165, 1.54) is 4.68 Å². The van der Waals surface area contributed by atoms with Crippen LogP contribution in [0.15, 0.2) is 26.1 Å². The number of piperazine rings is 1. The van der Waals surface area contributed by atoms with E-state index in [-0.39, 0.29) is 5.56 Å². The molecule has 0 N–H and O–H groups in total. The van der Waals surface area contributed by atoms with E-state index in [2.05, 4.69) is 36.0 Å². The summed E-state index contributed by atoms with van der Waals surface area (Å²) in [5.41, 5.74) is 1.65. The minimum atomic E-state index is -0.114. The van der Waals surface area contributed by atoms with Gasteiger partial charge in [-0.15, -0.1) is 0 Å². The van der Waals surface area contributed by atoms with Crippen molar-refractivity contribution < 1.29 is 4.52 Å². The first-order valence-corrected chi connectivity index (χ1v) is 7.95. The lowest BCUT2D eigenvalue weighted by molar-refractivity contribution is 0.219. The Labute approximate surface area is 136 Å². The van der Waals surface area contributed by atoms with Crippen LogP contribution in [0.3, 0.4) is 0 Å². The molecule has 118 valence electrons. The smallest absolute Gasteiger partial charge is 0.282 e. The summed E-state index contributed by atoms with van der Waals surface area (Å²) >= 11 is 3.39. The topological polar surface area (TPSA) is 67.4 Å². The molecule has 0 atom stereocenters. The second-order valence-electron chi connectivity index (χ2n) is 5.47. The fraction of sp³-hybridized carbons (Fsp3) is 0.500. The highest BCUT2D eigenvalue weighted by molar-refractivity contribution is 9.10. The van der Waals surface area contributed by atoms with Gasteiger partial charge in [0.25, 0.3) is 5.56 Å². The van der Waals surface area contributed by atoms with Crippen LogP contribution in [0.5, 0.6) is 0 Å². The number of rotatable bonds is 3. The number of nitrogens with zero attached hydrogens (tertiary/aromatic N) is 5. The van der Waals surface area contributed by atoms with E-state index in [1.54, 1.807) is 13.2 Å². The summed E-state index contributed by atoms with van der Waals surface area (Å²) in [6, 6.07) is 1.97. The van der Waals surface area contributed by atoms with Gasteiger partial charge in [0.05, 0.1) is 24.1 Å². The fourth-order valence-corrected chi connectivity index (χ4v) is 3.19. The van der Waals surface area contributed by atoms with Crippen LogP contribution < -0.4 is 10.5 Å². The van der Waals surface area contributed by atoms with Gasteiger partial charge in [0, 0.05) is 39.3 Å². The summed E-state index contributed by atoms with van der Waals surface area (Å²) in [5, 5.41) is 8.01. The lowest BCUT2D eigenvalue weighted by atomic mass is 10.2. The Hall–Kier alpha value is -1.67. The molecule has 2 aromatic heterocycles. The Morgan fingerprint density at radius 1 is 1.32 bits per heavy atom. The highest BCUT2D eigenvalue weighted by Crippen LogP contribution is 2.23. The number of halogens is 1. The predicted octanol–water partition coefficient (Wildman–Crippen LogP) is 1.16. The number of aryl methyl sites for hydroxylation is 2. The second kappa shape index (κ2) is 6.21. The van der Waals surface area contributed by atoms with Gasteiger partial charge in [-0.25, -0.2) is 4.68 Å². The van der Waals surface area contributed by atoms with Crippen molar-refractivity contribution in [1.82, 2.24) is 19.8 Å². The zero-order valence-electron chi connectivity index (χ0n) is 12.6. The number of anilines is 1. The quantitative estimate of drug-likeness (QED) is 0.810. The molecule has 1 saturated heterocycles. The van der Waals surface area contributed by atoms with Gasteiger partial charge in [0.2, 0.25) is 0 Å². The molecular weight excluding hydrogens is 350 g/mol. The highest BCUT2D eigenvalue weighted by Gasteiger charge is 2.21. The van der Waals surface area contributed by atoms with Crippen molar-refractivity contribution in [3.8, 4) is 0 Å². The molecule has 1 aliphatic heterocycles. The van der Waals surface area contributed by atoms with Crippen LogP contribution in [-0.2, 0) is 13.6 Å². The average molecular weight is 368 g/mol. The molecule has 0 unspecified atom stereocenters. The predicted molar refractivity (Wildman–Crippen MR) is 85.9 cm³/mol. The van der Waals surface area contributed by atoms with Crippen LogP contribution in [0.4, 0.5) is 5.69 Å². The molecule has 3 heterocycles. The van der Waals surface area contributed by atoms with E-state index in [1.807, 2.05) is 13.0 Å². The first-order valence-electron chi connectivity index (χ1n) is 7.16. The summed E-state index contributed by atoms with van der Waals surface area (Å²) in [6.07, 6.45) is 1.74. The van der Waals surface area contributed by atoms with Gasteiger partial charge in [-0.2, -0.15) is 5.10 Å². The van der Waals surface area contributed by atoms with Gasteiger partial charge in [-0.1, -0.05) is 5.16 Å². The molecule has 0 aromatic carbocycles. The fourth-order valence-electron chi connectivity index (χ4n) is 2.58. The molecule has 0 radical (unpaired) electrons. The van der Waals surface area contributed by atoms with E-state index in [4.69, 9.17) is 4.52 Å². The lowest BCUT2D eigenvalue weighted by Gasteiger charge is -2.35. The van der Waals surface area contributed by atoms with Crippen molar-refractivity contribution in [2.45, 2.75) is 13.5 Å². The molecule has 8 heteroatoms. The van der Waals surface area contributed by atoms with E-state index in [9.17, 15) is 4.79 Å². The summed E-state index contributed by atoms with van der Waals surface area (Å²) in [4.78, 5) is 16.4. The van der Waals surface area contributed by atoms with Gasteiger partial charge in [0.15, 0.2) is 5.76 Å². The molecule has 22 heavy (non-hydrogen) atoms. The van der Waals surface area contributed by atoms with Crippen LogP contribution >= 0.6 is 15.9 Å². The Balaban J connectivity index is 1.64. The maximum atomic E-state index is 11.9. The van der Waals surface area contributed by atoms with Crippen LogP contribution in [0.25, 0.3) is 0 Å². The Kier molecular flexibility index (Phi) is 4.30. The standard InChI is InChI=1S/C14H18BrN5O2/c1-10-7-11(22-17-10)9-19-3-5-20(6-4-19)12-8-16-18(2)14(21)13(12)15/h7-8H,3-6,9H2,1-2H3. The lowest BCUT2D eigenvalue weighted by Crippen LogP contribution is -2.46.